The molecule has 1 aromatic rings. The van der Waals surface area contributed by atoms with E-state index in [4.69, 9.17) is 4.74 Å². The Morgan fingerprint density at radius 2 is 2.41 bits per heavy atom. The van der Waals surface area contributed by atoms with Gasteiger partial charge in [0.25, 0.3) is 5.91 Å². The van der Waals surface area contributed by atoms with E-state index in [1.54, 1.807) is 0 Å². The van der Waals surface area contributed by atoms with Crippen molar-refractivity contribution in [2.75, 3.05) is 6.61 Å². The molecule has 0 bridgehead atoms. The van der Waals surface area contributed by atoms with E-state index in [2.05, 4.69) is 21.2 Å². The fraction of sp³-hybridized carbons (Fsp3) is 0.462. The fourth-order valence-corrected chi connectivity index (χ4v) is 2.41. The highest BCUT2D eigenvalue weighted by molar-refractivity contribution is 9.10. The lowest BCUT2D eigenvalue weighted by molar-refractivity contribution is 0.0712. The van der Waals surface area contributed by atoms with Crippen molar-refractivity contribution in [1.29, 1.82) is 0 Å². The monoisotopic (exact) mass is 297 g/mol. The van der Waals surface area contributed by atoms with Crippen molar-refractivity contribution in [1.82, 2.24) is 5.32 Å². The minimum Gasteiger partial charge on any atom is -0.376 e. The maximum Gasteiger partial charge on any atom is 0.251 e. The third-order valence-electron chi connectivity index (χ3n) is 2.97. The largest absolute Gasteiger partial charge is 0.376 e. The Hall–Kier alpha value is -0.870. The van der Waals surface area contributed by atoms with Gasteiger partial charge in [0, 0.05) is 16.6 Å². The third kappa shape index (κ3) is 3.30. The second kappa shape index (κ2) is 5.65. The molecule has 0 saturated carbocycles. The number of ether oxygens (including phenoxy) is 1. The van der Waals surface area contributed by atoms with Crippen LogP contribution in [0.1, 0.15) is 30.1 Å². The molecule has 0 aliphatic carbocycles. The molecule has 1 aliphatic rings. The molecule has 0 spiro atoms. The average molecular weight is 298 g/mol. The molecule has 17 heavy (non-hydrogen) atoms. The van der Waals surface area contributed by atoms with Gasteiger partial charge in [-0.3, -0.25) is 4.79 Å². The Morgan fingerprint density at radius 1 is 1.59 bits per heavy atom. The zero-order valence-electron chi connectivity index (χ0n) is 9.78. The van der Waals surface area contributed by atoms with Crippen LogP contribution in [0.5, 0.6) is 0 Å². The maximum atomic E-state index is 12.0. The minimum absolute atomic E-state index is 0.0469. The summed E-state index contributed by atoms with van der Waals surface area (Å²) in [5, 5.41) is 2.98. The third-order valence-corrected chi connectivity index (χ3v) is 3.46. The summed E-state index contributed by atoms with van der Waals surface area (Å²) in [5.41, 5.74) is 0.671. The van der Waals surface area contributed by atoms with Crippen molar-refractivity contribution < 1.29 is 9.53 Å². The normalized spacial score (nSPS) is 21.2. The summed E-state index contributed by atoms with van der Waals surface area (Å²) in [6, 6.07) is 7.44. The van der Waals surface area contributed by atoms with E-state index in [-0.39, 0.29) is 18.1 Å². The van der Waals surface area contributed by atoms with Crippen LogP contribution in [-0.2, 0) is 4.74 Å². The molecule has 1 aromatic carbocycles. The Kier molecular flexibility index (Phi) is 4.18. The van der Waals surface area contributed by atoms with Crippen LogP contribution in [0.2, 0.25) is 0 Å². The first-order chi connectivity index (χ1) is 8.16. The lowest BCUT2D eigenvalue weighted by Gasteiger charge is -2.20. The number of hydrogen-bond acceptors (Lipinski definition) is 2. The molecule has 4 heteroatoms. The van der Waals surface area contributed by atoms with Gasteiger partial charge in [0.05, 0.1) is 12.1 Å². The standard InChI is InChI=1S/C13H16BrNO2/c1-9(12-6-3-7-17-12)15-13(16)10-4-2-5-11(14)8-10/h2,4-5,8-9,12H,3,6-7H2,1H3,(H,15,16)/t9-,12+/m0/s1. The number of halogens is 1. The topological polar surface area (TPSA) is 38.3 Å². The minimum atomic E-state index is -0.0469. The van der Waals surface area contributed by atoms with Crippen LogP contribution in [0, 0.1) is 0 Å². The predicted octanol–water partition coefficient (Wildman–Crippen LogP) is 2.75. The molecule has 0 radical (unpaired) electrons. The second-order valence-corrected chi connectivity index (χ2v) is 5.24. The van der Waals surface area contributed by atoms with Gasteiger partial charge >= 0.3 is 0 Å². The van der Waals surface area contributed by atoms with E-state index in [0.29, 0.717) is 5.56 Å². The van der Waals surface area contributed by atoms with Crippen LogP contribution in [-0.4, -0.2) is 24.7 Å². The smallest absolute Gasteiger partial charge is 0.251 e. The Morgan fingerprint density at radius 3 is 3.06 bits per heavy atom. The molecule has 3 nitrogen and oxygen atoms in total. The van der Waals surface area contributed by atoms with Crippen LogP contribution >= 0.6 is 15.9 Å². The molecular weight excluding hydrogens is 282 g/mol. The number of hydrogen-bond donors (Lipinski definition) is 1. The summed E-state index contributed by atoms with van der Waals surface area (Å²) in [6.07, 6.45) is 2.27. The quantitative estimate of drug-likeness (QED) is 0.932. The van der Waals surface area contributed by atoms with E-state index < -0.39 is 0 Å². The van der Waals surface area contributed by atoms with Gasteiger partial charge in [-0.15, -0.1) is 0 Å². The Bertz CT molecular complexity index is 402. The van der Waals surface area contributed by atoms with Crippen molar-refractivity contribution in [2.45, 2.75) is 31.9 Å². The first-order valence-corrected chi connectivity index (χ1v) is 6.64. The Balaban J connectivity index is 1.96. The molecule has 1 heterocycles. The van der Waals surface area contributed by atoms with Crippen molar-refractivity contribution in [3.63, 3.8) is 0 Å². The van der Waals surface area contributed by atoms with Crippen LogP contribution in [0.25, 0.3) is 0 Å². The molecule has 1 saturated heterocycles. The zero-order valence-corrected chi connectivity index (χ0v) is 11.4. The van der Waals surface area contributed by atoms with Crippen LogP contribution in [0.4, 0.5) is 0 Å². The number of carbonyl (C=O) groups is 1. The van der Waals surface area contributed by atoms with Gasteiger partial charge in [-0.1, -0.05) is 22.0 Å². The highest BCUT2D eigenvalue weighted by atomic mass is 79.9. The Labute approximate surface area is 110 Å². The molecular formula is C13H16BrNO2. The molecule has 2 atom stereocenters. The molecule has 1 N–H and O–H groups in total. The van der Waals surface area contributed by atoms with Crippen LogP contribution in [0.3, 0.4) is 0 Å². The maximum absolute atomic E-state index is 12.0. The lowest BCUT2D eigenvalue weighted by Crippen LogP contribution is -2.40. The number of rotatable bonds is 3. The van der Waals surface area contributed by atoms with Gasteiger partial charge in [0.1, 0.15) is 0 Å². The summed E-state index contributed by atoms with van der Waals surface area (Å²) in [6.45, 7) is 2.80. The van der Waals surface area contributed by atoms with Crippen LogP contribution < -0.4 is 5.32 Å². The highest BCUT2D eigenvalue weighted by Gasteiger charge is 2.23. The van der Waals surface area contributed by atoms with Gasteiger partial charge in [-0.2, -0.15) is 0 Å². The van der Waals surface area contributed by atoms with E-state index in [9.17, 15) is 4.79 Å². The number of benzene rings is 1. The molecule has 0 aromatic heterocycles. The van der Waals surface area contributed by atoms with Gasteiger partial charge in [0.15, 0.2) is 0 Å². The average Bonchev–Trinajstić information content (AvgIpc) is 2.82. The summed E-state index contributed by atoms with van der Waals surface area (Å²) < 4.78 is 6.46. The van der Waals surface area contributed by atoms with Crippen molar-refractivity contribution in [3.8, 4) is 0 Å². The van der Waals surface area contributed by atoms with E-state index in [1.807, 2.05) is 31.2 Å². The first kappa shape index (κ1) is 12.6. The summed E-state index contributed by atoms with van der Waals surface area (Å²) >= 11 is 3.36. The molecule has 2 rings (SSSR count). The van der Waals surface area contributed by atoms with Gasteiger partial charge < -0.3 is 10.1 Å². The predicted molar refractivity (Wildman–Crippen MR) is 70.0 cm³/mol. The summed E-state index contributed by atoms with van der Waals surface area (Å²) in [7, 11) is 0. The second-order valence-electron chi connectivity index (χ2n) is 4.32. The molecule has 1 aliphatic heterocycles. The first-order valence-electron chi connectivity index (χ1n) is 5.85. The summed E-state index contributed by atoms with van der Waals surface area (Å²) in [4.78, 5) is 12.0. The highest BCUT2D eigenvalue weighted by Crippen LogP contribution is 2.16. The van der Waals surface area contributed by atoms with E-state index in [1.165, 1.54) is 0 Å². The molecule has 92 valence electrons. The zero-order chi connectivity index (χ0) is 12.3. The van der Waals surface area contributed by atoms with Crippen LogP contribution in [0.15, 0.2) is 28.7 Å². The fourth-order valence-electron chi connectivity index (χ4n) is 2.01. The van der Waals surface area contributed by atoms with Crippen molar-refractivity contribution >= 4 is 21.8 Å². The SMILES string of the molecule is C[C@H](NC(=O)c1cccc(Br)c1)[C@H]1CCCO1. The van der Waals surface area contributed by atoms with Gasteiger partial charge in [-0.25, -0.2) is 0 Å². The van der Waals surface area contributed by atoms with Crippen molar-refractivity contribution in [2.24, 2.45) is 0 Å². The van der Waals surface area contributed by atoms with Crippen molar-refractivity contribution in [3.05, 3.63) is 34.3 Å². The number of carbonyl (C=O) groups excluding carboxylic acids is 1. The van der Waals surface area contributed by atoms with E-state index in [0.717, 1.165) is 23.9 Å². The summed E-state index contributed by atoms with van der Waals surface area (Å²) in [5.74, 6) is -0.0469. The van der Waals surface area contributed by atoms with E-state index >= 15 is 0 Å². The molecule has 1 amide bonds. The van der Waals surface area contributed by atoms with Gasteiger partial charge in [-0.05, 0) is 38.0 Å². The van der Waals surface area contributed by atoms with Gasteiger partial charge in [0.2, 0.25) is 0 Å². The molecule has 0 unspecified atom stereocenters. The lowest BCUT2D eigenvalue weighted by atomic mass is 10.1. The number of nitrogens with one attached hydrogen (secondary N) is 1. The number of amides is 1. The molecule has 1 fully saturated rings.